The van der Waals surface area contributed by atoms with E-state index in [2.05, 4.69) is 74.9 Å². The summed E-state index contributed by atoms with van der Waals surface area (Å²) < 4.78 is 0. The predicted octanol–water partition coefficient (Wildman–Crippen LogP) is 10.0. The summed E-state index contributed by atoms with van der Waals surface area (Å²) in [6.45, 7) is 10.4. The average molecular weight is 551 g/mol. The number of nitrogens with one attached hydrogen (secondary N) is 2. The van der Waals surface area contributed by atoms with Crippen LogP contribution in [0, 0.1) is 6.92 Å². The maximum absolute atomic E-state index is 10.2. The molecule has 2 aromatic heterocycles. The second-order valence-corrected chi connectivity index (χ2v) is 11.4. The summed E-state index contributed by atoms with van der Waals surface area (Å²) in [5, 5.41) is 25.6. The smallest absolute Gasteiger partial charge is 0.121 e. The zero-order valence-electron chi connectivity index (χ0n) is 23.6. The van der Waals surface area contributed by atoms with Crippen molar-refractivity contribution < 1.29 is 10.2 Å². The number of aromatic hydroxyl groups is 2. The van der Waals surface area contributed by atoms with Gasteiger partial charge in [-0.3, -0.25) is 0 Å². The summed E-state index contributed by atoms with van der Waals surface area (Å²) in [6.07, 6.45) is 5.72. The molecule has 0 amide bonds. The van der Waals surface area contributed by atoms with Gasteiger partial charge >= 0.3 is 0 Å². The summed E-state index contributed by atoms with van der Waals surface area (Å²) in [4.78, 5) is 6.84. The second kappa shape index (κ2) is 11.1. The molecule has 0 aliphatic carbocycles. The van der Waals surface area contributed by atoms with Crippen LogP contribution < -0.4 is 0 Å². The molecule has 2 heterocycles. The summed E-state index contributed by atoms with van der Waals surface area (Å²) in [6, 6.07) is 19.7. The first kappa shape index (κ1) is 27.4. The first-order chi connectivity index (χ1) is 19.1. The fraction of sp³-hybridized carbons (Fsp3) is 0.200. The summed E-state index contributed by atoms with van der Waals surface area (Å²) in [5.74, 6) is 0.686. The second-order valence-electron chi connectivity index (χ2n) is 10.9. The van der Waals surface area contributed by atoms with Crippen molar-refractivity contribution in [2.45, 2.75) is 47.5 Å². The van der Waals surface area contributed by atoms with E-state index in [4.69, 9.17) is 11.6 Å². The van der Waals surface area contributed by atoms with E-state index >= 15 is 0 Å². The lowest BCUT2D eigenvalue weighted by Crippen LogP contribution is -1.86. The monoisotopic (exact) mass is 550 g/mol. The Morgan fingerprint density at radius 1 is 0.650 bits per heavy atom. The minimum Gasteiger partial charge on any atom is -0.508 e. The standard InChI is InChI=1S/C18H19NO.C17H16ClNO/c1-11(2)4-6-15-17(20)9-8-14-13-7-5-12(3)10-16(13)19-18(14)15;1-10(2)3-5-14-16(20)8-7-13-12-6-4-11(18)9-15(12)19-17(13)14/h4-5,7-10,19-20H,6H2,1-3H3;3-4,6-9,19-20H,5H2,1-2H3. The number of allylic oxidation sites excluding steroid dienone is 4. The Balaban J connectivity index is 0.000000161. The number of hydrogen-bond acceptors (Lipinski definition) is 2. The van der Waals surface area contributed by atoms with Crippen molar-refractivity contribution in [1.29, 1.82) is 0 Å². The van der Waals surface area contributed by atoms with Crippen LogP contribution in [-0.2, 0) is 12.8 Å². The van der Waals surface area contributed by atoms with E-state index in [9.17, 15) is 10.2 Å². The number of halogens is 1. The van der Waals surface area contributed by atoms with Crippen LogP contribution in [0.15, 0.2) is 84.0 Å². The van der Waals surface area contributed by atoms with Gasteiger partial charge in [0.05, 0.1) is 11.0 Å². The first-order valence-electron chi connectivity index (χ1n) is 13.5. The number of aromatic amines is 2. The number of aromatic nitrogens is 2. The van der Waals surface area contributed by atoms with Crippen LogP contribution in [0.25, 0.3) is 43.6 Å². The Hall–Kier alpha value is -4.15. The van der Waals surface area contributed by atoms with Crippen LogP contribution in [0.2, 0.25) is 5.02 Å². The molecule has 0 radical (unpaired) electrons. The number of benzene rings is 4. The highest BCUT2D eigenvalue weighted by Gasteiger charge is 2.12. The van der Waals surface area contributed by atoms with Crippen molar-refractivity contribution in [3.05, 3.63) is 106 Å². The van der Waals surface area contributed by atoms with Gasteiger partial charge in [0.15, 0.2) is 0 Å². The Kier molecular flexibility index (Phi) is 7.64. The number of aryl methyl sites for hydroxylation is 1. The van der Waals surface area contributed by atoms with Crippen molar-refractivity contribution >= 4 is 55.2 Å². The molecule has 4 N–H and O–H groups in total. The molecule has 0 atom stereocenters. The van der Waals surface area contributed by atoms with Gasteiger partial charge in [0, 0.05) is 48.7 Å². The van der Waals surface area contributed by atoms with E-state index in [1.807, 2.05) is 30.3 Å². The SMILES string of the molecule is CC(C)=CCc1c(O)ccc2c1[nH]c1cc(C)ccc12.CC(C)=CCc1c(O)ccc2c1[nH]c1cc(Cl)ccc12. The number of H-pyrrole nitrogens is 2. The van der Waals surface area contributed by atoms with Gasteiger partial charge in [-0.1, -0.05) is 53.1 Å². The fourth-order valence-corrected chi connectivity index (χ4v) is 5.33. The predicted molar refractivity (Wildman–Crippen MR) is 171 cm³/mol. The van der Waals surface area contributed by atoms with E-state index in [0.717, 1.165) is 50.4 Å². The number of hydrogen-bond donors (Lipinski definition) is 4. The molecular formula is C35H35ClN2O2. The Morgan fingerprint density at radius 2 is 1.10 bits per heavy atom. The summed E-state index contributed by atoms with van der Waals surface area (Å²) >= 11 is 6.04. The minimum atomic E-state index is 0.327. The summed E-state index contributed by atoms with van der Waals surface area (Å²) in [7, 11) is 0. The van der Waals surface area contributed by atoms with Gasteiger partial charge in [-0.05, 0) is 95.5 Å². The number of rotatable bonds is 4. The van der Waals surface area contributed by atoms with Gasteiger partial charge in [-0.25, -0.2) is 0 Å². The van der Waals surface area contributed by atoms with Gasteiger partial charge in [0.1, 0.15) is 11.5 Å². The van der Waals surface area contributed by atoms with Gasteiger partial charge in [0.25, 0.3) is 0 Å². The molecule has 4 aromatic carbocycles. The van der Waals surface area contributed by atoms with Gasteiger partial charge in [-0.2, -0.15) is 0 Å². The molecule has 204 valence electrons. The molecule has 0 aliphatic heterocycles. The van der Waals surface area contributed by atoms with Crippen LogP contribution in [-0.4, -0.2) is 20.2 Å². The summed E-state index contributed by atoms with van der Waals surface area (Å²) in [5.41, 5.74) is 9.78. The number of phenols is 2. The van der Waals surface area contributed by atoms with Crippen molar-refractivity contribution in [2.75, 3.05) is 0 Å². The molecule has 0 aliphatic rings. The quantitative estimate of drug-likeness (QED) is 0.165. The number of fused-ring (bicyclic) bond motifs is 6. The molecule has 6 rings (SSSR count). The van der Waals surface area contributed by atoms with Crippen LogP contribution in [0.5, 0.6) is 11.5 Å². The lowest BCUT2D eigenvalue weighted by molar-refractivity contribution is 0.470. The van der Waals surface area contributed by atoms with Crippen molar-refractivity contribution in [1.82, 2.24) is 9.97 Å². The van der Waals surface area contributed by atoms with E-state index in [0.29, 0.717) is 22.9 Å². The first-order valence-corrected chi connectivity index (χ1v) is 13.9. The fourth-order valence-electron chi connectivity index (χ4n) is 5.15. The van der Waals surface area contributed by atoms with Crippen LogP contribution >= 0.6 is 11.6 Å². The van der Waals surface area contributed by atoms with Gasteiger partial charge < -0.3 is 20.2 Å². The molecule has 6 aromatic rings. The molecule has 5 heteroatoms. The largest absolute Gasteiger partial charge is 0.508 e. The van der Waals surface area contributed by atoms with E-state index in [1.165, 1.54) is 27.5 Å². The van der Waals surface area contributed by atoms with Gasteiger partial charge in [0.2, 0.25) is 0 Å². The Morgan fingerprint density at radius 3 is 1.60 bits per heavy atom. The lowest BCUT2D eigenvalue weighted by Gasteiger charge is -2.04. The van der Waals surface area contributed by atoms with Crippen molar-refractivity contribution in [2.24, 2.45) is 0 Å². The Labute approximate surface area is 239 Å². The molecule has 0 spiro atoms. The molecule has 0 bridgehead atoms. The molecular weight excluding hydrogens is 516 g/mol. The van der Waals surface area contributed by atoms with Crippen LogP contribution in [0.3, 0.4) is 0 Å². The van der Waals surface area contributed by atoms with Crippen LogP contribution in [0.4, 0.5) is 0 Å². The lowest BCUT2D eigenvalue weighted by atomic mass is 10.0. The average Bonchev–Trinajstić information content (AvgIpc) is 3.44. The van der Waals surface area contributed by atoms with Gasteiger partial charge in [-0.15, -0.1) is 0 Å². The molecule has 40 heavy (non-hydrogen) atoms. The van der Waals surface area contributed by atoms with Crippen molar-refractivity contribution in [3.63, 3.8) is 0 Å². The molecule has 0 saturated heterocycles. The molecule has 4 nitrogen and oxygen atoms in total. The maximum Gasteiger partial charge on any atom is 0.121 e. The van der Waals surface area contributed by atoms with E-state index in [1.54, 1.807) is 12.1 Å². The highest BCUT2D eigenvalue weighted by Crippen LogP contribution is 2.35. The highest BCUT2D eigenvalue weighted by molar-refractivity contribution is 6.31. The highest BCUT2D eigenvalue weighted by atomic mass is 35.5. The van der Waals surface area contributed by atoms with E-state index in [-0.39, 0.29) is 0 Å². The Bertz CT molecular complexity index is 1790. The zero-order chi connectivity index (χ0) is 28.6. The molecule has 0 saturated carbocycles. The third-order valence-corrected chi connectivity index (χ3v) is 7.50. The maximum atomic E-state index is 10.2. The number of phenolic OH excluding ortho intramolecular Hbond substituents is 2. The van der Waals surface area contributed by atoms with E-state index < -0.39 is 0 Å². The van der Waals surface area contributed by atoms with Crippen molar-refractivity contribution in [3.8, 4) is 11.5 Å². The topological polar surface area (TPSA) is 72.0 Å². The third-order valence-electron chi connectivity index (χ3n) is 7.26. The zero-order valence-corrected chi connectivity index (χ0v) is 24.4. The third kappa shape index (κ3) is 5.45. The minimum absolute atomic E-state index is 0.327. The molecule has 0 fully saturated rings. The normalized spacial score (nSPS) is 11.2. The van der Waals surface area contributed by atoms with Crippen LogP contribution in [0.1, 0.15) is 44.4 Å². The molecule has 0 unspecified atom stereocenters.